The highest BCUT2D eigenvalue weighted by atomic mass is 16.7. The summed E-state index contributed by atoms with van der Waals surface area (Å²) in [4.78, 5) is 2.41. The lowest BCUT2D eigenvalue weighted by Crippen LogP contribution is -2.34. The van der Waals surface area contributed by atoms with Gasteiger partial charge in [-0.25, -0.2) is 0 Å². The standard InChI is InChI=1S/C9H17NO2/c1-3-10-7-9(6-8(10)2)11-4-5-12-9/h8H,3-7H2,1-2H3. The molecule has 2 fully saturated rings. The van der Waals surface area contributed by atoms with Crippen LogP contribution < -0.4 is 0 Å². The molecule has 2 aliphatic heterocycles. The van der Waals surface area contributed by atoms with Crippen LogP contribution in [0.15, 0.2) is 0 Å². The van der Waals surface area contributed by atoms with E-state index in [-0.39, 0.29) is 5.79 Å². The van der Waals surface area contributed by atoms with Gasteiger partial charge in [-0.15, -0.1) is 0 Å². The first kappa shape index (κ1) is 8.48. The number of likely N-dealkylation sites (N-methyl/N-ethyl adjacent to an activating group) is 1. The Labute approximate surface area is 73.6 Å². The van der Waals surface area contributed by atoms with E-state index < -0.39 is 0 Å². The van der Waals surface area contributed by atoms with Gasteiger partial charge in [-0.1, -0.05) is 6.92 Å². The molecule has 1 atom stereocenters. The van der Waals surface area contributed by atoms with E-state index in [4.69, 9.17) is 9.47 Å². The van der Waals surface area contributed by atoms with Crippen LogP contribution in [0.25, 0.3) is 0 Å². The van der Waals surface area contributed by atoms with Crippen molar-refractivity contribution in [2.24, 2.45) is 0 Å². The summed E-state index contributed by atoms with van der Waals surface area (Å²) in [6.07, 6.45) is 1.03. The topological polar surface area (TPSA) is 21.7 Å². The molecule has 0 N–H and O–H groups in total. The molecule has 1 spiro atoms. The van der Waals surface area contributed by atoms with Crippen LogP contribution in [0.4, 0.5) is 0 Å². The fraction of sp³-hybridized carbons (Fsp3) is 1.00. The second-order valence-corrected chi connectivity index (χ2v) is 3.72. The highest BCUT2D eigenvalue weighted by molar-refractivity contribution is 4.91. The summed E-state index contributed by atoms with van der Waals surface area (Å²) in [5.74, 6) is -0.241. The second kappa shape index (κ2) is 2.98. The maximum Gasteiger partial charge on any atom is 0.182 e. The van der Waals surface area contributed by atoms with Crippen LogP contribution in [0.3, 0.4) is 0 Å². The third-order valence-electron chi connectivity index (χ3n) is 2.89. The number of likely N-dealkylation sites (tertiary alicyclic amines) is 1. The second-order valence-electron chi connectivity index (χ2n) is 3.72. The average Bonchev–Trinajstić information content (AvgIpc) is 2.60. The van der Waals surface area contributed by atoms with Crippen LogP contribution in [-0.2, 0) is 9.47 Å². The molecule has 2 heterocycles. The molecule has 1 unspecified atom stereocenters. The lowest BCUT2D eigenvalue weighted by Gasteiger charge is -2.21. The van der Waals surface area contributed by atoms with E-state index in [1.54, 1.807) is 0 Å². The first-order valence-electron chi connectivity index (χ1n) is 4.78. The van der Waals surface area contributed by atoms with Crippen molar-refractivity contribution in [3.63, 3.8) is 0 Å². The normalized spacial score (nSPS) is 35.0. The Balaban J connectivity index is 2.03. The maximum absolute atomic E-state index is 5.64. The van der Waals surface area contributed by atoms with Crippen molar-refractivity contribution in [2.75, 3.05) is 26.3 Å². The Hall–Kier alpha value is -0.120. The molecule has 3 heteroatoms. The van der Waals surface area contributed by atoms with Gasteiger partial charge in [0.25, 0.3) is 0 Å². The van der Waals surface area contributed by atoms with E-state index in [0.29, 0.717) is 6.04 Å². The molecule has 3 nitrogen and oxygen atoms in total. The number of ether oxygens (including phenoxy) is 2. The maximum atomic E-state index is 5.64. The minimum Gasteiger partial charge on any atom is -0.346 e. The van der Waals surface area contributed by atoms with E-state index in [9.17, 15) is 0 Å². The van der Waals surface area contributed by atoms with Gasteiger partial charge in [0.05, 0.1) is 19.8 Å². The van der Waals surface area contributed by atoms with Crippen molar-refractivity contribution in [3.8, 4) is 0 Å². The van der Waals surface area contributed by atoms with Gasteiger partial charge in [-0.3, -0.25) is 4.90 Å². The number of hydrogen-bond acceptors (Lipinski definition) is 3. The zero-order valence-electron chi connectivity index (χ0n) is 7.88. The van der Waals surface area contributed by atoms with E-state index in [2.05, 4.69) is 18.7 Å². The van der Waals surface area contributed by atoms with Gasteiger partial charge in [0, 0.05) is 12.5 Å². The lowest BCUT2D eigenvalue weighted by molar-refractivity contribution is -0.145. The summed E-state index contributed by atoms with van der Waals surface area (Å²) in [6, 6.07) is 0.605. The highest BCUT2D eigenvalue weighted by Gasteiger charge is 2.46. The molecule has 70 valence electrons. The first-order chi connectivity index (χ1) is 5.76. The monoisotopic (exact) mass is 171 g/mol. The van der Waals surface area contributed by atoms with Crippen LogP contribution in [0.2, 0.25) is 0 Å². The van der Waals surface area contributed by atoms with Crippen LogP contribution in [0.5, 0.6) is 0 Å². The zero-order valence-corrected chi connectivity index (χ0v) is 7.88. The van der Waals surface area contributed by atoms with Crippen molar-refractivity contribution in [1.29, 1.82) is 0 Å². The smallest absolute Gasteiger partial charge is 0.182 e. The minimum absolute atomic E-state index is 0.241. The molecular weight excluding hydrogens is 154 g/mol. The molecule has 2 rings (SSSR count). The van der Waals surface area contributed by atoms with Crippen molar-refractivity contribution >= 4 is 0 Å². The number of hydrogen-bond donors (Lipinski definition) is 0. The van der Waals surface area contributed by atoms with Crippen molar-refractivity contribution in [3.05, 3.63) is 0 Å². The van der Waals surface area contributed by atoms with Gasteiger partial charge in [0.1, 0.15) is 0 Å². The zero-order chi connectivity index (χ0) is 8.60. The van der Waals surface area contributed by atoms with Crippen LogP contribution in [-0.4, -0.2) is 43.0 Å². The Morgan fingerprint density at radius 3 is 2.58 bits per heavy atom. The Morgan fingerprint density at radius 1 is 1.42 bits per heavy atom. The van der Waals surface area contributed by atoms with Gasteiger partial charge < -0.3 is 9.47 Å². The molecule has 0 aliphatic carbocycles. The molecule has 0 aromatic carbocycles. The summed E-state index contributed by atoms with van der Waals surface area (Å²) < 4.78 is 11.3. The summed E-state index contributed by atoms with van der Waals surface area (Å²) in [7, 11) is 0. The van der Waals surface area contributed by atoms with E-state index in [1.165, 1.54) is 0 Å². The highest BCUT2D eigenvalue weighted by Crippen LogP contribution is 2.33. The van der Waals surface area contributed by atoms with Crippen LogP contribution >= 0.6 is 0 Å². The van der Waals surface area contributed by atoms with Gasteiger partial charge in [-0.2, -0.15) is 0 Å². The van der Waals surface area contributed by atoms with Crippen molar-refractivity contribution in [2.45, 2.75) is 32.1 Å². The molecule has 12 heavy (non-hydrogen) atoms. The predicted octanol–water partition coefficient (Wildman–Crippen LogP) is 0.844. The predicted molar refractivity (Wildman–Crippen MR) is 46.0 cm³/mol. The van der Waals surface area contributed by atoms with Gasteiger partial charge in [0.2, 0.25) is 0 Å². The molecular formula is C9H17NO2. The molecule has 0 amide bonds. The SMILES string of the molecule is CCN1CC2(CC1C)OCCO2. The van der Waals surface area contributed by atoms with Crippen molar-refractivity contribution < 1.29 is 9.47 Å². The summed E-state index contributed by atoms with van der Waals surface area (Å²) in [5, 5.41) is 0. The van der Waals surface area contributed by atoms with Gasteiger partial charge >= 0.3 is 0 Å². The fourth-order valence-electron chi connectivity index (χ4n) is 2.24. The van der Waals surface area contributed by atoms with E-state index >= 15 is 0 Å². The van der Waals surface area contributed by atoms with Crippen LogP contribution in [0.1, 0.15) is 20.3 Å². The molecule has 0 radical (unpaired) electrons. The lowest BCUT2D eigenvalue weighted by atomic mass is 10.2. The third kappa shape index (κ3) is 1.26. The summed E-state index contributed by atoms with van der Waals surface area (Å²) in [5.41, 5.74) is 0. The molecule has 2 saturated heterocycles. The van der Waals surface area contributed by atoms with Crippen LogP contribution in [0, 0.1) is 0 Å². The Kier molecular flexibility index (Phi) is 2.10. The number of nitrogens with zero attached hydrogens (tertiary/aromatic N) is 1. The first-order valence-corrected chi connectivity index (χ1v) is 4.78. The largest absolute Gasteiger partial charge is 0.346 e. The quantitative estimate of drug-likeness (QED) is 0.583. The molecule has 2 aliphatic rings. The number of rotatable bonds is 1. The van der Waals surface area contributed by atoms with Gasteiger partial charge in [0.15, 0.2) is 5.79 Å². The summed E-state index contributed by atoms with van der Waals surface area (Å²) in [6.45, 7) is 8.00. The van der Waals surface area contributed by atoms with Gasteiger partial charge in [-0.05, 0) is 13.5 Å². The molecule has 0 aromatic rings. The third-order valence-corrected chi connectivity index (χ3v) is 2.89. The molecule has 0 bridgehead atoms. The molecule has 0 aromatic heterocycles. The molecule has 0 saturated carbocycles. The van der Waals surface area contributed by atoms with E-state index in [0.717, 1.165) is 32.7 Å². The summed E-state index contributed by atoms with van der Waals surface area (Å²) >= 11 is 0. The Bertz CT molecular complexity index is 166. The Morgan fingerprint density at radius 2 is 2.08 bits per heavy atom. The van der Waals surface area contributed by atoms with E-state index in [1.807, 2.05) is 0 Å². The minimum atomic E-state index is -0.241. The van der Waals surface area contributed by atoms with Crippen molar-refractivity contribution in [1.82, 2.24) is 4.90 Å². The fourth-order valence-corrected chi connectivity index (χ4v) is 2.24. The average molecular weight is 171 g/mol.